The number of fused-ring (bicyclic) bond motifs is 1. The second-order valence-corrected chi connectivity index (χ2v) is 7.49. The fraction of sp³-hybridized carbons (Fsp3) is 0.368. The van der Waals surface area contributed by atoms with Crippen molar-refractivity contribution < 1.29 is 0 Å². The van der Waals surface area contributed by atoms with E-state index >= 15 is 0 Å². The van der Waals surface area contributed by atoms with E-state index in [2.05, 4.69) is 73.8 Å². The predicted molar refractivity (Wildman–Crippen MR) is 92.2 cm³/mol. The molecule has 1 nitrogen and oxygen atoms in total. The Morgan fingerprint density at radius 2 is 1.76 bits per heavy atom. The maximum absolute atomic E-state index is 3.69. The van der Waals surface area contributed by atoms with E-state index in [0.717, 1.165) is 13.1 Å². The van der Waals surface area contributed by atoms with Crippen molar-refractivity contribution in [2.24, 2.45) is 0 Å². The summed E-state index contributed by atoms with van der Waals surface area (Å²) < 4.78 is 0. The zero-order valence-electron chi connectivity index (χ0n) is 12.8. The topological polar surface area (TPSA) is 12.0 Å². The van der Waals surface area contributed by atoms with Crippen LogP contribution < -0.4 is 5.32 Å². The van der Waals surface area contributed by atoms with Gasteiger partial charge in [-0.05, 0) is 17.2 Å². The molecule has 0 saturated carbocycles. The molecule has 0 spiro atoms. The molecule has 1 N–H and O–H groups in total. The van der Waals surface area contributed by atoms with Crippen LogP contribution in [0.1, 0.15) is 30.9 Å². The van der Waals surface area contributed by atoms with Gasteiger partial charge in [0.2, 0.25) is 0 Å². The van der Waals surface area contributed by atoms with Gasteiger partial charge in [0, 0.05) is 35.1 Å². The zero-order chi connectivity index (χ0) is 14.7. The van der Waals surface area contributed by atoms with Gasteiger partial charge in [0.1, 0.15) is 0 Å². The number of thioether (sulfide) groups is 1. The summed E-state index contributed by atoms with van der Waals surface area (Å²) in [4.78, 5) is 1.46. The zero-order valence-corrected chi connectivity index (χ0v) is 13.6. The monoisotopic (exact) mass is 297 g/mol. The van der Waals surface area contributed by atoms with Gasteiger partial charge in [0.05, 0.1) is 0 Å². The van der Waals surface area contributed by atoms with E-state index in [9.17, 15) is 0 Å². The van der Waals surface area contributed by atoms with Crippen molar-refractivity contribution in [3.05, 3.63) is 65.7 Å². The number of benzene rings is 2. The molecule has 21 heavy (non-hydrogen) atoms. The molecule has 0 amide bonds. The van der Waals surface area contributed by atoms with Crippen molar-refractivity contribution in [1.29, 1.82) is 0 Å². The molecule has 1 aliphatic rings. The predicted octanol–water partition coefficient (Wildman–Crippen LogP) is 4.44. The first-order chi connectivity index (χ1) is 10.2. The molecule has 0 aromatic heterocycles. The van der Waals surface area contributed by atoms with Crippen molar-refractivity contribution in [2.75, 3.05) is 18.8 Å². The Kier molecular flexibility index (Phi) is 4.37. The van der Waals surface area contributed by atoms with Crippen LogP contribution in [-0.4, -0.2) is 18.8 Å². The van der Waals surface area contributed by atoms with E-state index in [1.165, 1.54) is 21.8 Å². The van der Waals surface area contributed by atoms with Gasteiger partial charge in [-0.15, -0.1) is 11.8 Å². The molecule has 1 heterocycles. The minimum atomic E-state index is 0.173. The first-order valence-electron chi connectivity index (χ1n) is 7.65. The van der Waals surface area contributed by atoms with Gasteiger partial charge < -0.3 is 5.32 Å². The molecule has 0 radical (unpaired) electrons. The molecule has 2 aromatic carbocycles. The van der Waals surface area contributed by atoms with Crippen LogP contribution >= 0.6 is 11.8 Å². The summed E-state index contributed by atoms with van der Waals surface area (Å²) in [5, 5.41) is 3.69. The standard InChI is InChI=1S/C19H23NS/c1-19(2,16-8-4-3-5-9-16)14-20-12-15-13-21-18-11-7-6-10-17(15)18/h3-11,15,20H,12-14H2,1-2H3. The van der Waals surface area contributed by atoms with Gasteiger partial charge in [-0.2, -0.15) is 0 Å². The van der Waals surface area contributed by atoms with Crippen LogP contribution in [0, 0.1) is 0 Å². The molecular weight excluding hydrogens is 274 g/mol. The van der Waals surface area contributed by atoms with Gasteiger partial charge in [0.15, 0.2) is 0 Å². The molecular formula is C19H23NS. The van der Waals surface area contributed by atoms with Crippen molar-refractivity contribution in [3.63, 3.8) is 0 Å². The molecule has 110 valence electrons. The third kappa shape index (κ3) is 3.33. The molecule has 0 fully saturated rings. The lowest BCUT2D eigenvalue weighted by molar-refractivity contribution is 0.460. The second-order valence-electron chi connectivity index (χ2n) is 6.43. The third-order valence-corrected chi connectivity index (χ3v) is 5.56. The Hall–Kier alpha value is -1.25. The summed E-state index contributed by atoms with van der Waals surface area (Å²) >= 11 is 1.99. The summed E-state index contributed by atoms with van der Waals surface area (Å²) in [5.41, 5.74) is 3.10. The summed E-state index contributed by atoms with van der Waals surface area (Å²) in [5.74, 6) is 1.86. The molecule has 3 rings (SSSR count). The maximum Gasteiger partial charge on any atom is 0.0108 e. The minimum Gasteiger partial charge on any atom is -0.315 e. The highest BCUT2D eigenvalue weighted by atomic mass is 32.2. The highest BCUT2D eigenvalue weighted by Gasteiger charge is 2.24. The molecule has 2 aromatic rings. The highest BCUT2D eigenvalue weighted by molar-refractivity contribution is 7.99. The lowest BCUT2D eigenvalue weighted by Gasteiger charge is -2.26. The molecule has 1 atom stereocenters. The lowest BCUT2D eigenvalue weighted by Crippen LogP contribution is -2.35. The molecule has 0 aliphatic carbocycles. The van der Waals surface area contributed by atoms with Crippen molar-refractivity contribution >= 4 is 11.8 Å². The molecule has 1 aliphatic heterocycles. The fourth-order valence-corrected chi connectivity index (χ4v) is 4.20. The van der Waals surface area contributed by atoms with Crippen molar-refractivity contribution in [1.82, 2.24) is 5.32 Å². The SMILES string of the molecule is CC(C)(CNCC1CSc2ccccc21)c1ccccc1. The number of hydrogen-bond acceptors (Lipinski definition) is 2. The van der Waals surface area contributed by atoms with E-state index in [1.54, 1.807) is 0 Å². The average molecular weight is 297 g/mol. The Bertz CT molecular complexity index is 592. The van der Waals surface area contributed by atoms with Gasteiger partial charge in [-0.3, -0.25) is 0 Å². The molecule has 2 heteroatoms. The van der Waals surface area contributed by atoms with E-state index in [1.807, 2.05) is 11.8 Å². The van der Waals surface area contributed by atoms with Crippen LogP contribution in [0.15, 0.2) is 59.5 Å². The summed E-state index contributed by atoms with van der Waals surface area (Å²) in [6.45, 7) is 6.71. The molecule has 1 unspecified atom stereocenters. The third-order valence-electron chi connectivity index (χ3n) is 4.31. The van der Waals surface area contributed by atoms with Crippen LogP contribution in [0.25, 0.3) is 0 Å². The largest absolute Gasteiger partial charge is 0.315 e. The Morgan fingerprint density at radius 3 is 2.57 bits per heavy atom. The van der Waals surface area contributed by atoms with E-state index in [0.29, 0.717) is 5.92 Å². The van der Waals surface area contributed by atoms with Crippen molar-refractivity contribution in [2.45, 2.75) is 30.1 Å². The van der Waals surface area contributed by atoms with E-state index in [4.69, 9.17) is 0 Å². The first kappa shape index (κ1) is 14.7. The number of rotatable bonds is 5. The molecule has 0 bridgehead atoms. The lowest BCUT2D eigenvalue weighted by atomic mass is 9.84. The van der Waals surface area contributed by atoms with E-state index in [-0.39, 0.29) is 5.41 Å². The van der Waals surface area contributed by atoms with Crippen molar-refractivity contribution in [3.8, 4) is 0 Å². The molecule has 0 saturated heterocycles. The smallest absolute Gasteiger partial charge is 0.0108 e. The van der Waals surface area contributed by atoms with Crippen LogP contribution in [0.4, 0.5) is 0 Å². The maximum atomic E-state index is 3.69. The minimum absolute atomic E-state index is 0.173. The summed E-state index contributed by atoms with van der Waals surface area (Å²) in [6.07, 6.45) is 0. The van der Waals surface area contributed by atoms with E-state index < -0.39 is 0 Å². The van der Waals surface area contributed by atoms with Crippen LogP contribution in [0.3, 0.4) is 0 Å². The van der Waals surface area contributed by atoms with Crippen LogP contribution in [0.5, 0.6) is 0 Å². The van der Waals surface area contributed by atoms with Gasteiger partial charge >= 0.3 is 0 Å². The van der Waals surface area contributed by atoms with Gasteiger partial charge in [-0.25, -0.2) is 0 Å². The number of hydrogen-bond donors (Lipinski definition) is 1. The fourth-order valence-electron chi connectivity index (χ4n) is 2.95. The number of nitrogens with one attached hydrogen (secondary N) is 1. The Morgan fingerprint density at radius 1 is 1.05 bits per heavy atom. The second kappa shape index (κ2) is 6.25. The van der Waals surface area contributed by atoms with Gasteiger partial charge in [0.25, 0.3) is 0 Å². The highest BCUT2D eigenvalue weighted by Crippen LogP contribution is 2.38. The van der Waals surface area contributed by atoms with Gasteiger partial charge in [-0.1, -0.05) is 62.4 Å². The average Bonchev–Trinajstić information content (AvgIpc) is 2.92. The van der Waals surface area contributed by atoms with Crippen LogP contribution in [0.2, 0.25) is 0 Å². The van der Waals surface area contributed by atoms with Crippen LogP contribution in [-0.2, 0) is 5.41 Å². The summed E-state index contributed by atoms with van der Waals surface area (Å²) in [6, 6.07) is 19.6. The Labute approximate surface area is 132 Å². The quantitative estimate of drug-likeness (QED) is 0.875. The normalized spacial score (nSPS) is 17.7. The first-order valence-corrected chi connectivity index (χ1v) is 8.63. The summed E-state index contributed by atoms with van der Waals surface area (Å²) in [7, 11) is 0. The Balaban J connectivity index is 1.58.